The van der Waals surface area contributed by atoms with Crippen LogP contribution in [0.1, 0.15) is 39.5 Å². The van der Waals surface area contributed by atoms with Crippen molar-refractivity contribution in [2.45, 2.75) is 39.5 Å². The van der Waals surface area contributed by atoms with Crippen LogP contribution in [0.4, 0.5) is 0 Å². The van der Waals surface area contributed by atoms with Gasteiger partial charge in [0.2, 0.25) is 0 Å². The van der Waals surface area contributed by atoms with E-state index in [4.69, 9.17) is 5.73 Å². The Morgan fingerprint density at radius 3 is 2.83 bits per heavy atom. The lowest BCUT2D eigenvalue weighted by Gasteiger charge is -2.32. The van der Waals surface area contributed by atoms with Gasteiger partial charge in [-0.25, -0.2) is 0 Å². The second-order valence-corrected chi connectivity index (χ2v) is 3.74. The van der Waals surface area contributed by atoms with E-state index in [9.17, 15) is 0 Å². The lowest BCUT2D eigenvalue weighted by atomic mass is 9.74. The van der Waals surface area contributed by atoms with Crippen LogP contribution < -0.4 is 5.73 Å². The summed E-state index contributed by atoms with van der Waals surface area (Å²) in [6.07, 6.45) is 6.75. The predicted molar refractivity (Wildman–Crippen MR) is 52.9 cm³/mol. The predicted octanol–water partition coefficient (Wildman–Crippen LogP) is 2.63. The Balaban J connectivity index is 2.72. The van der Waals surface area contributed by atoms with Crippen LogP contribution in [-0.4, -0.2) is 6.54 Å². The lowest BCUT2D eigenvalue weighted by Crippen LogP contribution is -2.30. The molecule has 1 atom stereocenters. The third kappa shape index (κ3) is 1.80. The molecule has 2 N–H and O–H groups in total. The summed E-state index contributed by atoms with van der Waals surface area (Å²) in [5.41, 5.74) is 10.9. The van der Waals surface area contributed by atoms with Crippen molar-refractivity contribution in [2.75, 3.05) is 6.54 Å². The van der Waals surface area contributed by atoms with Crippen molar-refractivity contribution >= 4 is 0 Å². The summed E-state index contributed by atoms with van der Waals surface area (Å²) < 4.78 is 0. The van der Waals surface area contributed by atoms with Crippen LogP contribution in [-0.2, 0) is 0 Å². The molecule has 12 heavy (non-hydrogen) atoms. The topological polar surface area (TPSA) is 26.0 Å². The van der Waals surface area contributed by atoms with Gasteiger partial charge in [-0.1, -0.05) is 13.8 Å². The summed E-state index contributed by atoms with van der Waals surface area (Å²) in [5.74, 6) is 0. The van der Waals surface area contributed by atoms with E-state index >= 15 is 0 Å². The molecule has 0 aromatic rings. The SMILES string of the molecule is CCC1=C=CCC(CC)(CN)C1. The highest BCUT2D eigenvalue weighted by atomic mass is 14.6. The molecule has 1 aliphatic carbocycles. The third-order valence-corrected chi connectivity index (χ3v) is 3.04. The number of rotatable bonds is 3. The maximum atomic E-state index is 5.80. The lowest BCUT2D eigenvalue weighted by molar-refractivity contribution is 0.279. The van der Waals surface area contributed by atoms with Crippen LogP contribution in [0, 0.1) is 5.41 Å². The second-order valence-electron chi connectivity index (χ2n) is 3.74. The summed E-state index contributed by atoms with van der Waals surface area (Å²) in [4.78, 5) is 0. The minimum Gasteiger partial charge on any atom is -0.330 e. The van der Waals surface area contributed by atoms with E-state index in [-0.39, 0.29) is 0 Å². The van der Waals surface area contributed by atoms with Crippen LogP contribution in [0.5, 0.6) is 0 Å². The molecular weight excluding hydrogens is 146 g/mol. The quantitative estimate of drug-likeness (QED) is 0.639. The van der Waals surface area contributed by atoms with E-state index in [1.54, 1.807) is 0 Å². The number of allylic oxidation sites excluding steroid dienone is 1. The smallest absolute Gasteiger partial charge is 0.00141 e. The van der Waals surface area contributed by atoms with Crippen LogP contribution in [0.3, 0.4) is 0 Å². The standard InChI is InChI=1S/C11H19N/c1-3-10-6-5-7-11(4-2,8-10)9-12/h5H,3-4,7-9,12H2,1-2H3. The summed E-state index contributed by atoms with van der Waals surface area (Å²) in [6, 6.07) is 0. The fraction of sp³-hybridized carbons (Fsp3) is 0.727. The molecule has 1 nitrogen and oxygen atoms in total. The van der Waals surface area contributed by atoms with E-state index in [0.717, 1.165) is 25.8 Å². The molecule has 0 fully saturated rings. The minimum atomic E-state index is 0.358. The van der Waals surface area contributed by atoms with E-state index in [0.29, 0.717) is 5.41 Å². The normalized spacial score (nSPS) is 28.8. The Kier molecular flexibility index (Phi) is 3.13. The van der Waals surface area contributed by atoms with Crippen LogP contribution in [0.15, 0.2) is 17.4 Å². The number of nitrogens with two attached hydrogens (primary N) is 1. The van der Waals surface area contributed by atoms with Gasteiger partial charge >= 0.3 is 0 Å². The Hall–Kier alpha value is -0.520. The highest BCUT2D eigenvalue weighted by molar-refractivity contribution is 5.11. The fourth-order valence-electron chi connectivity index (χ4n) is 1.78. The highest BCUT2D eigenvalue weighted by Crippen LogP contribution is 2.36. The van der Waals surface area contributed by atoms with Crippen molar-refractivity contribution in [3.05, 3.63) is 17.4 Å². The van der Waals surface area contributed by atoms with E-state index < -0.39 is 0 Å². The summed E-state index contributed by atoms with van der Waals surface area (Å²) in [6.45, 7) is 5.24. The monoisotopic (exact) mass is 165 g/mol. The molecule has 0 heterocycles. The average Bonchev–Trinajstić information content (AvgIpc) is 2.18. The van der Waals surface area contributed by atoms with Crippen molar-refractivity contribution in [3.63, 3.8) is 0 Å². The Morgan fingerprint density at radius 1 is 1.58 bits per heavy atom. The zero-order valence-electron chi connectivity index (χ0n) is 8.19. The molecule has 1 rings (SSSR count). The van der Waals surface area contributed by atoms with E-state index in [1.165, 1.54) is 12.0 Å². The van der Waals surface area contributed by atoms with Gasteiger partial charge in [-0.3, -0.25) is 0 Å². The molecule has 0 spiro atoms. The van der Waals surface area contributed by atoms with Gasteiger partial charge in [-0.15, -0.1) is 5.73 Å². The first kappa shape index (κ1) is 9.57. The van der Waals surface area contributed by atoms with E-state index in [2.05, 4.69) is 25.7 Å². The molecule has 68 valence electrons. The molecule has 0 bridgehead atoms. The molecule has 0 aliphatic heterocycles. The van der Waals surface area contributed by atoms with Crippen LogP contribution in [0.2, 0.25) is 0 Å². The number of hydrogen-bond donors (Lipinski definition) is 1. The van der Waals surface area contributed by atoms with Crippen molar-refractivity contribution in [3.8, 4) is 0 Å². The second kappa shape index (κ2) is 3.93. The molecule has 0 aromatic heterocycles. The minimum absolute atomic E-state index is 0.358. The van der Waals surface area contributed by atoms with Gasteiger partial charge in [-0.05, 0) is 49.3 Å². The van der Waals surface area contributed by atoms with Gasteiger partial charge in [0.1, 0.15) is 0 Å². The molecule has 1 heteroatoms. The zero-order chi connectivity index (χ0) is 9.03. The first-order valence-electron chi connectivity index (χ1n) is 4.89. The van der Waals surface area contributed by atoms with Gasteiger partial charge in [0, 0.05) is 0 Å². The Morgan fingerprint density at radius 2 is 2.33 bits per heavy atom. The maximum Gasteiger partial charge on any atom is -0.00141 e. The summed E-state index contributed by atoms with van der Waals surface area (Å²) in [7, 11) is 0. The average molecular weight is 165 g/mol. The summed E-state index contributed by atoms with van der Waals surface area (Å²) in [5, 5.41) is 0. The Labute approximate surface area is 75.3 Å². The van der Waals surface area contributed by atoms with Crippen molar-refractivity contribution in [1.29, 1.82) is 0 Å². The zero-order valence-corrected chi connectivity index (χ0v) is 8.19. The largest absolute Gasteiger partial charge is 0.330 e. The van der Waals surface area contributed by atoms with Gasteiger partial charge in [0.15, 0.2) is 0 Å². The molecule has 0 saturated heterocycles. The van der Waals surface area contributed by atoms with Crippen LogP contribution >= 0.6 is 0 Å². The third-order valence-electron chi connectivity index (χ3n) is 3.04. The van der Waals surface area contributed by atoms with Crippen molar-refractivity contribution in [1.82, 2.24) is 0 Å². The van der Waals surface area contributed by atoms with Gasteiger partial charge in [0.25, 0.3) is 0 Å². The van der Waals surface area contributed by atoms with Crippen LogP contribution in [0.25, 0.3) is 0 Å². The van der Waals surface area contributed by atoms with Crippen molar-refractivity contribution < 1.29 is 0 Å². The number of hydrogen-bond acceptors (Lipinski definition) is 1. The molecule has 0 saturated carbocycles. The Bertz CT molecular complexity index is 205. The molecule has 0 amide bonds. The van der Waals surface area contributed by atoms with Gasteiger partial charge in [0.05, 0.1) is 0 Å². The molecule has 1 aliphatic rings. The highest BCUT2D eigenvalue weighted by Gasteiger charge is 2.27. The molecular formula is C11H19N. The van der Waals surface area contributed by atoms with Gasteiger partial charge in [-0.2, -0.15) is 0 Å². The summed E-state index contributed by atoms with van der Waals surface area (Å²) >= 11 is 0. The maximum absolute atomic E-state index is 5.80. The van der Waals surface area contributed by atoms with E-state index in [1.807, 2.05) is 0 Å². The van der Waals surface area contributed by atoms with Gasteiger partial charge < -0.3 is 5.73 Å². The van der Waals surface area contributed by atoms with Crippen molar-refractivity contribution in [2.24, 2.45) is 11.1 Å². The fourth-order valence-corrected chi connectivity index (χ4v) is 1.78. The molecule has 0 radical (unpaired) electrons. The first-order valence-corrected chi connectivity index (χ1v) is 4.89. The first-order chi connectivity index (χ1) is 5.76. The molecule has 0 aromatic carbocycles. The molecule has 1 unspecified atom stereocenters.